The quantitative estimate of drug-likeness (QED) is 0.645. The monoisotopic (exact) mass is 176 g/mol. The molecule has 0 bridgehead atoms. The molecular formula is C7H9ClO3. The van der Waals surface area contributed by atoms with Gasteiger partial charge in [-0.1, -0.05) is 6.92 Å². The minimum Gasteiger partial charge on any atom is -0.481 e. The molecule has 0 aromatic carbocycles. The van der Waals surface area contributed by atoms with E-state index in [1.165, 1.54) is 6.92 Å². The molecule has 0 saturated heterocycles. The van der Waals surface area contributed by atoms with Crippen molar-refractivity contribution in [2.75, 3.05) is 0 Å². The smallest absolute Gasteiger partial charge is 0.310 e. The Bertz CT molecular complexity index is 214. The SMILES string of the molecule is C[C@]1(C(=O)O)C[C@]1(C)C(=O)Cl. The molecule has 1 N–H and O–H groups in total. The summed E-state index contributed by atoms with van der Waals surface area (Å²) in [6, 6.07) is 0. The van der Waals surface area contributed by atoms with Crippen molar-refractivity contribution in [1.29, 1.82) is 0 Å². The predicted molar refractivity (Wildman–Crippen MR) is 39.3 cm³/mol. The Kier molecular flexibility index (Phi) is 1.53. The van der Waals surface area contributed by atoms with E-state index in [9.17, 15) is 9.59 Å². The normalized spacial score (nSPS) is 41.7. The van der Waals surface area contributed by atoms with Crippen LogP contribution >= 0.6 is 11.6 Å². The Labute approximate surface area is 69.3 Å². The first-order chi connectivity index (χ1) is 4.84. The van der Waals surface area contributed by atoms with Crippen molar-refractivity contribution >= 4 is 22.8 Å². The Morgan fingerprint density at radius 2 is 1.82 bits per heavy atom. The first kappa shape index (κ1) is 8.53. The molecule has 0 aromatic rings. The van der Waals surface area contributed by atoms with Crippen molar-refractivity contribution < 1.29 is 14.7 Å². The Morgan fingerprint density at radius 3 is 1.91 bits per heavy atom. The van der Waals surface area contributed by atoms with Gasteiger partial charge < -0.3 is 5.11 Å². The van der Waals surface area contributed by atoms with Crippen LogP contribution < -0.4 is 0 Å². The Balaban J connectivity index is 2.87. The second-order valence-corrected chi connectivity index (χ2v) is 3.76. The largest absolute Gasteiger partial charge is 0.481 e. The highest BCUT2D eigenvalue weighted by Gasteiger charge is 2.70. The molecule has 3 nitrogen and oxygen atoms in total. The molecule has 1 fully saturated rings. The van der Waals surface area contributed by atoms with Gasteiger partial charge in [0.1, 0.15) is 0 Å². The molecule has 0 radical (unpaired) electrons. The first-order valence-electron chi connectivity index (χ1n) is 3.28. The number of carboxylic acids is 1. The van der Waals surface area contributed by atoms with Gasteiger partial charge in [-0.15, -0.1) is 0 Å². The first-order valence-corrected chi connectivity index (χ1v) is 3.66. The third-order valence-electron chi connectivity index (χ3n) is 2.71. The van der Waals surface area contributed by atoms with Crippen LogP contribution in [0.3, 0.4) is 0 Å². The lowest BCUT2D eigenvalue weighted by atomic mass is 9.98. The summed E-state index contributed by atoms with van der Waals surface area (Å²) in [7, 11) is 0. The van der Waals surface area contributed by atoms with Crippen molar-refractivity contribution in [2.45, 2.75) is 20.3 Å². The average Bonchev–Trinajstić information content (AvgIpc) is 2.39. The van der Waals surface area contributed by atoms with Crippen LogP contribution in [0.5, 0.6) is 0 Å². The molecule has 1 aliphatic rings. The van der Waals surface area contributed by atoms with E-state index in [0.29, 0.717) is 6.42 Å². The molecule has 0 aromatic heterocycles. The van der Waals surface area contributed by atoms with Gasteiger partial charge in [-0.25, -0.2) is 0 Å². The number of halogens is 1. The zero-order valence-corrected chi connectivity index (χ0v) is 7.10. The van der Waals surface area contributed by atoms with E-state index in [1.807, 2.05) is 0 Å². The minimum absolute atomic E-state index is 0.345. The molecule has 0 heterocycles. The maximum absolute atomic E-state index is 10.7. The molecule has 11 heavy (non-hydrogen) atoms. The van der Waals surface area contributed by atoms with Gasteiger partial charge in [-0.3, -0.25) is 9.59 Å². The molecular weight excluding hydrogens is 168 g/mol. The highest BCUT2D eigenvalue weighted by atomic mass is 35.5. The van der Waals surface area contributed by atoms with Crippen molar-refractivity contribution in [3.05, 3.63) is 0 Å². The van der Waals surface area contributed by atoms with Crippen LogP contribution in [-0.4, -0.2) is 16.3 Å². The van der Waals surface area contributed by atoms with Gasteiger partial charge in [0.05, 0.1) is 10.8 Å². The molecule has 2 atom stereocenters. The van der Waals surface area contributed by atoms with Gasteiger partial charge >= 0.3 is 5.97 Å². The number of hydrogen-bond donors (Lipinski definition) is 1. The third-order valence-corrected chi connectivity index (χ3v) is 3.12. The summed E-state index contributed by atoms with van der Waals surface area (Å²) in [6.45, 7) is 3.12. The molecule has 0 amide bonds. The van der Waals surface area contributed by atoms with Crippen molar-refractivity contribution in [3.63, 3.8) is 0 Å². The number of aliphatic carboxylic acids is 1. The fraction of sp³-hybridized carbons (Fsp3) is 0.714. The van der Waals surface area contributed by atoms with Crippen LogP contribution in [0.1, 0.15) is 20.3 Å². The molecule has 1 aliphatic carbocycles. The lowest BCUT2D eigenvalue weighted by molar-refractivity contribution is -0.145. The molecule has 62 valence electrons. The van der Waals surface area contributed by atoms with E-state index in [2.05, 4.69) is 0 Å². The van der Waals surface area contributed by atoms with Gasteiger partial charge in [0.2, 0.25) is 5.24 Å². The number of carbonyl (C=O) groups is 2. The zero-order valence-electron chi connectivity index (χ0n) is 6.35. The molecule has 0 aliphatic heterocycles. The molecule has 0 spiro atoms. The standard InChI is InChI=1S/C7H9ClO3/c1-6(4(8)9)3-7(6,2)5(10)11/h3H2,1-2H3,(H,10,11)/t6-,7-/m1/s1. The molecule has 1 saturated carbocycles. The summed E-state index contributed by atoms with van der Waals surface area (Å²) in [4.78, 5) is 21.3. The Morgan fingerprint density at radius 1 is 1.36 bits per heavy atom. The van der Waals surface area contributed by atoms with E-state index in [4.69, 9.17) is 16.7 Å². The predicted octanol–water partition coefficient (Wildman–Crippen LogP) is 1.25. The van der Waals surface area contributed by atoms with Crippen molar-refractivity contribution in [1.82, 2.24) is 0 Å². The van der Waals surface area contributed by atoms with E-state index >= 15 is 0 Å². The third kappa shape index (κ3) is 0.872. The van der Waals surface area contributed by atoms with Gasteiger partial charge in [-0.05, 0) is 24.9 Å². The minimum atomic E-state index is -0.950. The zero-order chi connectivity index (χ0) is 8.86. The van der Waals surface area contributed by atoms with Crippen molar-refractivity contribution in [3.8, 4) is 0 Å². The summed E-state index contributed by atoms with van der Waals surface area (Å²) >= 11 is 5.24. The van der Waals surface area contributed by atoms with Crippen molar-refractivity contribution in [2.24, 2.45) is 10.8 Å². The van der Waals surface area contributed by atoms with Crippen LogP contribution in [0.4, 0.5) is 0 Å². The van der Waals surface area contributed by atoms with Gasteiger partial charge in [0, 0.05) is 0 Å². The summed E-state index contributed by atoms with van der Waals surface area (Å²) in [6.07, 6.45) is 0.345. The fourth-order valence-electron chi connectivity index (χ4n) is 1.26. The number of carbonyl (C=O) groups excluding carboxylic acids is 1. The highest BCUT2D eigenvalue weighted by molar-refractivity contribution is 6.65. The van der Waals surface area contributed by atoms with E-state index in [0.717, 1.165) is 0 Å². The van der Waals surface area contributed by atoms with Crippen LogP contribution in [-0.2, 0) is 9.59 Å². The number of rotatable bonds is 2. The average molecular weight is 177 g/mol. The van der Waals surface area contributed by atoms with Gasteiger partial charge in [-0.2, -0.15) is 0 Å². The highest BCUT2D eigenvalue weighted by Crippen LogP contribution is 2.64. The van der Waals surface area contributed by atoms with Gasteiger partial charge in [0.25, 0.3) is 0 Å². The lowest BCUT2D eigenvalue weighted by Gasteiger charge is -2.08. The second kappa shape index (κ2) is 1.97. The Hall–Kier alpha value is -0.570. The maximum Gasteiger partial charge on any atom is 0.310 e. The van der Waals surface area contributed by atoms with Crippen LogP contribution in [0.15, 0.2) is 0 Å². The van der Waals surface area contributed by atoms with E-state index in [-0.39, 0.29) is 0 Å². The summed E-state index contributed by atoms with van der Waals surface area (Å²) < 4.78 is 0. The number of carboxylic acid groups (broad SMARTS) is 1. The molecule has 4 heteroatoms. The van der Waals surface area contributed by atoms with E-state index in [1.54, 1.807) is 6.92 Å². The van der Waals surface area contributed by atoms with Crippen LogP contribution in [0, 0.1) is 10.8 Å². The summed E-state index contributed by atoms with van der Waals surface area (Å²) in [5, 5.41) is 8.13. The summed E-state index contributed by atoms with van der Waals surface area (Å²) in [5.74, 6) is -0.950. The molecule has 1 rings (SSSR count). The van der Waals surface area contributed by atoms with E-state index < -0.39 is 22.0 Å². The van der Waals surface area contributed by atoms with Crippen LogP contribution in [0.25, 0.3) is 0 Å². The topological polar surface area (TPSA) is 54.4 Å². The van der Waals surface area contributed by atoms with Crippen LogP contribution in [0.2, 0.25) is 0 Å². The lowest BCUT2D eigenvalue weighted by Crippen LogP contribution is -2.22. The second-order valence-electron chi connectivity index (χ2n) is 3.42. The fourth-order valence-corrected chi connectivity index (χ4v) is 1.54. The van der Waals surface area contributed by atoms with Gasteiger partial charge in [0.15, 0.2) is 0 Å². The number of hydrogen-bond acceptors (Lipinski definition) is 2. The maximum atomic E-state index is 10.7. The molecule has 0 unspecified atom stereocenters. The summed E-state index contributed by atoms with van der Waals surface area (Å²) in [5.41, 5.74) is -1.79.